The van der Waals surface area contributed by atoms with Gasteiger partial charge >= 0.3 is 5.97 Å². The van der Waals surface area contributed by atoms with Gasteiger partial charge < -0.3 is 10.00 Å². The maximum atomic E-state index is 11.0. The molecule has 1 rings (SSSR count). The molecular formula is C9H10ClO4P. The summed E-state index contributed by atoms with van der Waals surface area (Å²) in [4.78, 5) is 19.4. The van der Waals surface area contributed by atoms with Crippen molar-refractivity contribution in [3.05, 3.63) is 28.8 Å². The van der Waals surface area contributed by atoms with E-state index in [1.54, 1.807) is 0 Å². The third-order valence-corrected chi connectivity index (χ3v) is 3.09. The molecule has 15 heavy (non-hydrogen) atoms. The number of aliphatic carboxylic acids is 1. The number of halogens is 1. The Balaban J connectivity index is 2.96. The van der Waals surface area contributed by atoms with Crippen LogP contribution in [-0.4, -0.2) is 16.0 Å². The second-order valence-corrected chi connectivity index (χ2v) is 4.59. The standard InChI is InChI=1S/C9H10ClO4P/c10-7-2-3-8(15(13)14)6(5-7)1-4-9(11)12/h2-3,5,15H,1,4H2,(H,11,12)(H,13,14). The van der Waals surface area contributed by atoms with Gasteiger partial charge in [0.15, 0.2) is 0 Å². The zero-order chi connectivity index (χ0) is 11.4. The van der Waals surface area contributed by atoms with E-state index in [1.807, 2.05) is 0 Å². The van der Waals surface area contributed by atoms with E-state index in [4.69, 9.17) is 21.6 Å². The zero-order valence-corrected chi connectivity index (χ0v) is 9.49. The molecule has 0 radical (unpaired) electrons. The first-order valence-corrected chi connectivity index (χ1v) is 5.97. The molecule has 1 aromatic rings. The molecule has 1 aromatic carbocycles. The highest BCUT2D eigenvalue weighted by molar-refractivity contribution is 7.47. The Bertz CT molecular complexity index is 405. The van der Waals surface area contributed by atoms with Crippen molar-refractivity contribution in [1.29, 1.82) is 0 Å². The van der Waals surface area contributed by atoms with Gasteiger partial charge in [-0.2, -0.15) is 0 Å². The maximum absolute atomic E-state index is 11.0. The van der Waals surface area contributed by atoms with Crippen molar-refractivity contribution in [2.75, 3.05) is 0 Å². The summed E-state index contributed by atoms with van der Waals surface area (Å²) >= 11 is 5.72. The lowest BCUT2D eigenvalue weighted by Gasteiger charge is -2.05. The van der Waals surface area contributed by atoms with Gasteiger partial charge in [-0.1, -0.05) is 11.6 Å². The van der Waals surface area contributed by atoms with Crippen molar-refractivity contribution in [3.8, 4) is 0 Å². The molecule has 0 saturated heterocycles. The quantitative estimate of drug-likeness (QED) is 0.791. The topological polar surface area (TPSA) is 74.6 Å². The van der Waals surface area contributed by atoms with Crippen molar-refractivity contribution in [2.24, 2.45) is 0 Å². The molecule has 2 N–H and O–H groups in total. The summed E-state index contributed by atoms with van der Waals surface area (Å²) in [5, 5.41) is 9.22. The van der Waals surface area contributed by atoms with E-state index in [0.717, 1.165) is 0 Å². The monoisotopic (exact) mass is 248 g/mol. The van der Waals surface area contributed by atoms with Crippen molar-refractivity contribution < 1.29 is 19.4 Å². The van der Waals surface area contributed by atoms with Gasteiger partial charge in [-0.05, 0) is 30.2 Å². The van der Waals surface area contributed by atoms with E-state index in [9.17, 15) is 9.36 Å². The van der Waals surface area contributed by atoms with Gasteiger partial charge in [-0.3, -0.25) is 9.36 Å². The number of carbonyl (C=O) groups is 1. The SMILES string of the molecule is O=C(O)CCc1cc(Cl)ccc1[PH](=O)O. The van der Waals surface area contributed by atoms with Crippen LogP contribution in [0.25, 0.3) is 0 Å². The predicted molar refractivity (Wildman–Crippen MR) is 58.3 cm³/mol. The van der Waals surface area contributed by atoms with Crippen LogP contribution in [0.2, 0.25) is 5.02 Å². The molecule has 0 saturated carbocycles. The minimum absolute atomic E-state index is 0.0809. The number of carboxylic acids is 1. The summed E-state index contributed by atoms with van der Waals surface area (Å²) in [6.45, 7) is 0. The molecule has 0 heterocycles. The predicted octanol–water partition coefficient (Wildman–Crippen LogP) is 1.45. The molecule has 0 spiro atoms. The Morgan fingerprint density at radius 2 is 2.13 bits per heavy atom. The fourth-order valence-electron chi connectivity index (χ4n) is 1.22. The molecule has 6 heteroatoms. The minimum Gasteiger partial charge on any atom is -0.481 e. The molecule has 0 amide bonds. The second-order valence-electron chi connectivity index (χ2n) is 3.00. The number of aryl methyl sites for hydroxylation is 1. The van der Waals surface area contributed by atoms with Crippen LogP contribution >= 0.6 is 19.6 Å². The summed E-state index contributed by atoms with van der Waals surface area (Å²) in [5.41, 5.74) is 0.524. The number of hydrogen-bond donors (Lipinski definition) is 2. The highest BCUT2D eigenvalue weighted by Crippen LogP contribution is 2.20. The first kappa shape index (κ1) is 12.2. The average molecular weight is 249 g/mol. The van der Waals surface area contributed by atoms with Gasteiger partial charge in [0.1, 0.15) is 0 Å². The van der Waals surface area contributed by atoms with Crippen molar-refractivity contribution in [2.45, 2.75) is 12.8 Å². The molecule has 82 valence electrons. The summed E-state index contributed by atoms with van der Waals surface area (Å²) in [5.74, 6) is -0.946. The van der Waals surface area contributed by atoms with Gasteiger partial charge in [-0.25, -0.2) is 0 Å². The Morgan fingerprint density at radius 3 is 2.67 bits per heavy atom. The Hall–Kier alpha value is -0.830. The number of benzene rings is 1. The van der Waals surface area contributed by atoms with Gasteiger partial charge in [-0.15, -0.1) is 0 Å². The van der Waals surface area contributed by atoms with Crippen LogP contribution in [0.4, 0.5) is 0 Å². The van der Waals surface area contributed by atoms with E-state index in [2.05, 4.69) is 0 Å². The molecule has 0 aliphatic rings. The first-order valence-electron chi connectivity index (χ1n) is 4.24. The van der Waals surface area contributed by atoms with Crippen LogP contribution in [-0.2, 0) is 15.8 Å². The number of rotatable bonds is 4. The lowest BCUT2D eigenvalue weighted by Crippen LogP contribution is -2.08. The fraction of sp³-hybridized carbons (Fsp3) is 0.222. The van der Waals surface area contributed by atoms with Crippen LogP contribution in [0.3, 0.4) is 0 Å². The van der Waals surface area contributed by atoms with Gasteiger partial charge in [0.05, 0.1) is 0 Å². The summed E-state index contributed by atoms with van der Waals surface area (Å²) < 4.78 is 11.0. The van der Waals surface area contributed by atoms with Crippen LogP contribution in [0.15, 0.2) is 18.2 Å². The van der Waals surface area contributed by atoms with Crippen LogP contribution in [0.1, 0.15) is 12.0 Å². The first-order chi connectivity index (χ1) is 7.00. The molecule has 0 bridgehead atoms. The maximum Gasteiger partial charge on any atom is 0.303 e. The normalized spacial score (nSPS) is 12.4. The second kappa shape index (κ2) is 5.31. The molecule has 4 nitrogen and oxygen atoms in total. The van der Waals surface area contributed by atoms with E-state index in [0.29, 0.717) is 10.6 Å². The molecule has 1 unspecified atom stereocenters. The molecule has 0 aliphatic carbocycles. The van der Waals surface area contributed by atoms with Crippen molar-refractivity contribution in [3.63, 3.8) is 0 Å². The molecule has 0 fully saturated rings. The van der Waals surface area contributed by atoms with Crippen LogP contribution < -0.4 is 5.30 Å². The fourth-order valence-corrected chi connectivity index (χ4v) is 2.11. The molecule has 1 atom stereocenters. The Morgan fingerprint density at radius 1 is 1.47 bits per heavy atom. The molecule has 0 aliphatic heterocycles. The van der Waals surface area contributed by atoms with Gasteiger partial charge in [0.25, 0.3) is 0 Å². The lowest BCUT2D eigenvalue weighted by atomic mass is 10.1. The highest BCUT2D eigenvalue weighted by Gasteiger charge is 2.09. The van der Waals surface area contributed by atoms with Crippen LogP contribution in [0.5, 0.6) is 0 Å². The molecule has 0 aromatic heterocycles. The minimum atomic E-state index is -2.81. The average Bonchev–Trinajstić information content (AvgIpc) is 2.14. The number of hydrogen-bond acceptors (Lipinski definition) is 2. The summed E-state index contributed by atoms with van der Waals surface area (Å²) in [6.07, 6.45) is 0.130. The Kier molecular flexibility index (Phi) is 4.33. The zero-order valence-electron chi connectivity index (χ0n) is 7.74. The molecular weight excluding hydrogens is 239 g/mol. The summed E-state index contributed by atoms with van der Waals surface area (Å²) in [6, 6.07) is 4.50. The highest BCUT2D eigenvalue weighted by atomic mass is 35.5. The third kappa shape index (κ3) is 3.67. The summed E-state index contributed by atoms with van der Waals surface area (Å²) in [7, 11) is -2.81. The largest absolute Gasteiger partial charge is 0.481 e. The Labute approximate surface area is 92.4 Å². The van der Waals surface area contributed by atoms with Gasteiger partial charge in [0.2, 0.25) is 8.03 Å². The van der Waals surface area contributed by atoms with E-state index >= 15 is 0 Å². The smallest absolute Gasteiger partial charge is 0.303 e. The van der Waals surface area contributed by atoms with Crippen molar-refractivity contribution in [1.82, 2.24) is 0 Å². The third-order valence-electron chi connectivity index (χ3n) is 1.91. The number of carboxylic acid groups (broad SMARTS) is 1. The van der Waals surface area contributed by atoms with E-state index in [-0.39, 0.29) is 18.1 Å². The van der Waals surface area contributed by atoms with Crippen LogP contribution in [0, 0.1) is 0 Å². The van der Waals surface area contributed by atoms with Crippen molar-refractivity contribution >= 4 is 30.9 Å². The van der Waals surface area contributed by atoms with E-state index < -0.39 is 14.0 Å². The van der Waals surface area contributed by atoms with Gasteiger partial charge in [0, 0.05) is 16.7 Å². The van der Waals surface area contributed by atoms with E-state index in [1.165, 1.54) is 18.2 Å². The lowest BCUT2D eigenvalue weighted by molar-refractivity contribution is -0.136.